The van der Waals surface area contributed by atoms with Crippen LogP contribution < -0.4 is 15.8 Å². The zero-order valence-corrected chi connectivity index (χ0v) is 18.5. The molecule has 2 aromatic heterocycles. The van der Waals surface area contributed by atoms with E-state index in [0.29, 0.717) is 5.39 Å². The van der Waals surface area contributed by atoms with E-state index in [1.165, 1.54) is 22.2 Å². The van der Waals surface area contributed by atoms with Crippen molar-refractivity contribution in [2.24, 2.45) is 0 Å². The Balaban J connectivity index is 1.52. The monoisotopic (exact) mass is 425 g/mol. The lowest BCUT2D eigenvalue weighted by Crippen LogP contribution is -2.46. The van der Waals surface area contributed by atoms with E-state index < -0.39 is 0 Å². The number of carbonyl (C=O) groups excluding carboxylic acids is 1. The number of hydrogen-bond donors (Lipinski definition) is 1. The molecular formula is C22H27N5O2S. The Morgan fingerprint density at radius 2 is 1.90 bits per heavy atom. The van der Waals surface area contributed by atoms with Crippen molar-refractivity contribution in [3.8, 4) is 0 Å². The summed E-state index contributed by atoms with van der Waals surface area (Å²) in [4.78, 5) is 36.5. The molecule has 1 N–H and O–H groups in total. The molecule has 158 valence electrons. The third-order valence-corrected chi connectivity index (χ3v) is 6.92. The van der Waals surface area contributed by atoms with Crippen LogP contribution in [0.4, 0.5) is 11.4 Å². The summed E-state index contributed by atoms with van der Waals surface area (Å²) < 4.78 is 1.39. The molecule has 0 bridgehead atoms. The summed E-state index contributed by atoms with van der Waals surface area (Å²) in [7, 11) is 0. The Morgan fingerprint density at radius 3 is 2.63 bits per heavy atom. The van der Waals surface area contributed by atoms with Crippen LogP contribution in [-0.4, -0.2) is 53.1 Å². The van der Waals surface area contributed by atoms with Crippen molar-refractivity contribution in [2.75, 3.05) is 42.9 Å². The van der Waals surface area contributed by atoms with Crippen LogP contribution in [0.15, 0.2) is 35.4 Å². The molecule has 0 radical (unpaired) electrons. The van der Waals surface area contributed by atoms with Crippen molar-refractivity contribution in [1.29, 1.82) is 0 Å². The van der Waals surface area contributed by atoms with Crippen LogP contribution in [0.1, 0.15) is 17.4 Å². The predicted molar refractivity (Wildman–Crippen MR) is 123 cm³/mol. The fraction of sp³-hybridized carbons (Fsp3) is 0.409. The Bertz CT molecular complexity index is 1130. The highest BCUT2D eigenvalue weighted by Crippen LogP contribution is 2.27. The molecule has 8 heteroatoms. The van der Waals surface area contributed by atoms with Crippen LogP contribution in [0.5, 0.6) is 0 Å². The van der Waals surface area contributed by atoms with Crippen molar-refractivity contribution < 1.29 is 4.79 Å². The fourth-order valence-corrected chi connectivity index (χ4v) is 4.87. The van der Waals surface area contributed by atoms with E-state index >= 15 is 0 Å². The smallest absolute Gasteiger partial charge is 0.262 e. The minimum absolute atomic E-state index is 0.0615. The van der Waals surface area contributed by atoms with Gasteiger partial charge in [-0.15, -0.1) is 11.3 Å². The summed E-state index contributed by atoms with van der Waals surface area (Å²) >= 11 is 1.51. The number of rotatable bonds is 5. The van der Waals surface area contributed by atoms with E-state index in [1.807, 2.05) is 38.1 Å². The van der Waals surface area contributed by atoms with E-state index in [2.05, 4.69) is 27.0 Å². The van der Waals surface area contributed by atoms with Crippen molar-refractivity contribution in [1.82, 2.24) is 14.5 Å². The second-order valence-electron chi connectivity index (χ2n) is 7.63. The van der Waals surface area contributed by atoms with Crippen molar-refractivity contribution >= 4 is 38.8 Å². The minimum Gasteiger partial charge on any atom is -0.367 e. The van der Waals surface area contributed by atoms with Gasteiger partial charge in [0, 0.05) is 31.1 Å². The second-order valence-corrected chi connectivity index (χ2v) is 8.83. The summed E-state index contributed by atoms with van der Waals surface area (Å²) in [6.45, 7) is 11.0. The molecule has 0 atom stereocenters. The first kappa shape index (κ1) is 20.6. The quantitative estimate of drug-likeness (QED) is 0.681. The van der Waals surface area contributed by atoms with Crippen molar-refractivity contribution in [3.63, 3.8) is 0 Å². The molecule has 0 unspecified atom stereocenters. The van der Waals surface area contributed by atoms with E-state index in [-0.39, 0.29) is 18.0 Å². The Hall–Kier alpha value is -2.71. The first-order valence-electron chi connectivity index (χ1n) is 10.3. The number of piperazine rings is 1. The number of thiophene rings is 1. The summed E-state index contributed by atoms with van der Waals surface area (Å²) in [5.74, 6) is -0.234. The van der Waals surface area contributed by atoms with Gasteiger partial charge in [0.15, 0.2) is 0 Å². The molecule has 3 heterocycles. The van der Waals surface area contributed by atoms with Gasteiger partial charge in [-0.2, -0.15) is 0 Å². The number of aromatic nitrogens is 2. The van der Waals surface area contributed by atoms with Gasteiger partial charge < -0.3 is 15.1 Å². The van der Waals surface area contributed by atoms with E-state index in [1.54, 1.807) is 0 Å². The lowest BCUT2D eigenvalue weighted by molar-refractivity contribution is -0.116. The fourth-order valence-electron chi connectivity index (χ4n) is 3.89. The Labute approximate surface area is 179 Å². The highest BCUT2D eigenvalue weighted by Gasteiger charge is 2.19. The molecule has 0 spiro atoms. The number of aryl methyl sites for hydroxylation is 2. The number of nitrogens with one attached hydrogen (secondary N) is 1. The maximum Gasteiger partial charge on any atom is 0.262 e. The first-order valence-corrected chi connectivity index (χ1v) is 11.1. The van der Waals surface area contributed by atoms with Crippen LogP contribution in [0.25, 0.3) is 10.2 Å². The maximum absolute atomic E-state index is 12.9. The van der Waals surface area contributed by atoms with Crippen molar-refractivity contribution in [2.45, 2.75) is 27.3 Å². The molecule has 1 amide bonds. The van der Waals surface area contributed by atoms with Gasteiger partial charge >= 0.3 is 0 Å². The second kappa shape index (κ2) is 8.57. The highest BCUT2D eigenvalue weighted by atomic mass is 32.1. The Kier molecular flexibility index (Phi) is 5.87. The molecule has 1 fully saturated rings. The standard InChI is InChI=1S/C22H27N5O2S/c1-4-25-9-11-26(12-10-25)18-8-6-5-7-17(18)24-19(28)13-27-14-23-21-20(22(27)29)15(2)16(3)30-21/h5-8,14H,4,9-13H2,1-3H3,(H,24,28). The summed E-state index contributed by atoms with van der Waals surface area (Å²) in [6.07, 6.45) is 1.47. The van der Waals surface area contributed by atoms with Gasteiger partial charge in [0.25, 0.3) is 5.56 Å². The molecule has 4 rings (SSSR count). The lowest BCUT2D eigenvalue weighted by Gasteiger charge is -2.36. The van der Waals surface area contributed by atoms with Crippen LogP contribution in [-0.2, 0) is 11.3 Å². The summed E-state index contributed by atoms with van der Waals surface area (Å²) in [5.41, 5.74) is 2.57. The Morgan fingerprint density at radius 1 is 1.17 bits per heavy atom. The summed E-state index contributed by atoms with van der Waals surface area (Å²) in [5, 5.41) is 3.61. The molecule has 0 saturated carbocycles. The largest absolute Gasteiger partial charge is 0.367 e. The zero-order chi connectivity index (χ0) is 21.3. The van der Waals surface area contributed by atoms with E-state index in [4.69, 9.17) is 0 Å². The molecule has 3 aromatic rings. The van der Waals surface area contributed by atoms with E-state index in [9.17, 15) is 9.59 Å². The number of hydrogen-bond acceptors (Lipinski definition) is 6. The van der Waals surface area contributed by atoms with Gasteiger partial charge in [-0.1, -0.05) is 19.1 Å². The van der Waals surface area contributed by atoms with Crippen LogP contribution >= 0.6 is 11.3 Å². The molecule has 0 aliphatic carbocycles. The number of para-hydroxylation sites is 2. The predicted octanol–water partition coefficient (Wildman–Crippen LogP) is 2.86. The molecule has 30 heavy (non-hydrogen) atoms. The number of nitrogens with zero attached hydrogens (tertiary/aromatic N) is 4. The SMILES string of the molecule is CCN1CCN(c2ccccc2NC(=O)Cn2cnc3sc(C)c(C)c3c2=O)CC1. The number of benzene rings is 1. The topological polar surface area (TPSA) is 70.5 Å². The number of anilines is 2. The molecule has 1 aliphatic rings. The van der Waals surface area contributed by atoms with Crippen LogP contribution in [0.2, 0.25) is 0 Å². The van der Waals surface area contributed by atoms with Crippen molar-refractivity contribution in [3.05, 3.63) is 51.4 Å². The minimum atomic E-state index is -0.234. The number of carbonyl (C=O) groups is 1. The van der Waals surface area contributed by atoms with Crippen LogP contribution in [0.3, 0.4) is 0 Å². The number of fused-ring (bicyclic) bond motifs is 1. The van der Waals surface area contributed by atoms with Gasteiger partial charge in [-0.3, -0.25) is 14.2 Å². The van der Waals surface area contributed by atoms with Gasteiger partial charge in [-0.05, 0) is 38.1 Å². The average Bonchev–Trinajstić information content (AvgIpc) is 3.05. The van der Waals surface area contributed by atoms with Gasteiger partial charge in [0.1, 0.15) is 11.4 Å². The molecule has 1 aliphatic heterocycles. The van der Waals surface area contributed by atoms with E-state index in [0.717, 1.165) is 59.4 Å². The number of likely N-dealkylation sites (N-methyl/N-ethyl adjacent to an activating group) is 1. The van der Waals surface area contributed by atoms with Gasteiger partial charge in [0.2, 0.25) is 5.91 Å². The molecule has 7 nitrogen and oxygen atoms in total. The number of amides is 1. The zero-order valence-electron chi connectivity index (χ0n) is 17.6. The van der Waals surface area contributed by atoms with Gasteiger partial charge in [-0.25, -0.2) is 4.98 Å². The van der Waals surface area contributed by atoms with Crippen LogP contribution in [0, 0.1) is 13.8 Å². The third-order valence-electron chi connectivity index (χ3n) is 5.81. The third kappa shape index (κ3) is 3.97. The highest BCUT2D eigenvalue weighted by molar-refractivity contribution is 7.18. The normalized spacial score (nSPS) is 15.0. The first-order chi connectivity index (χ1) is 14.5. The average molecular weight is 426 g/mol. The molecule has 1 saturated heterocycles. The summed E-state index contributed by atoms with van der Waals surface area (Å²) in [6, 6.07) is 7.85. The maximum atomic E-state index is 12.9. The van der Waals surface area contributed by atoms with Gasteiger partial charge in [0.05, 0.1) is 23.1 Å². The lowest BCUT2D eigenvalue weighted by atomic mass is 10.2. The molecular weight excluding hydrogens is 398 g/mol. The molecule has 1 aromatic carbocycles.